The Bertz CT molecular complexity index is 1740. The van der Waals surface area contributed by atoms with E-state index in [4.69, 9.17) is 25.8 Å². The highest BCUT2D eigenvalue weighted by molar-refractivity contribution is 7.91. The monoisotopic (exact) mass is 680 g/mol. The number of sulfone groups is 1. The Hall–Kier alpha value is -4.45. The Balaban J connectivity index is 1.35. The van der Waals surface area contributed by atoms with E-state index in [2.05, 4.69) is 4.98 Å². The van der Waals surface area contributed by atoms with Crippen LogP contribution in [-0.2, 0) is 37.1 Å². The summed E-state index contributed by atoms with van der Waals surface area (Å²) in [5, 5.41) is 11.3. The van der Waals surface area contributed by atoms with Crippen LogP contribution in [0.2, 0.25) is 5.02 Å². The van der Waals surface area contributed by atoms with E-state index in [0.29, 0.717) is 28.5 Å². The van der Waals surface area contributed by atoms with Gasteiger partial charge in [0.15, 0.2) is 6.61 Å². The molecule has 0 aliphatic carbocycles. The maximum atomic E-state index is 13.3. The minimum absolute atomic E-state index is 0.0201. The van der Waals surface area contributed by atoms with Gasteiger partial charge < -0.3 is 24.2 Å². The van der Waals surface area contributed by atoms with E-state index in [1.807, 2.05) is 0 Å². The Kier molecular flexibility index (Phi) is 12.0. The molecular formula is C35H37ClN2O8S. The summed E-state index contributed by atoms with van der Waals surface area (Å²) in [6.45, 7) is 5.17. The molecule has 0 aliphatic heterocycles. The van der Waals surface area contributed by atoms with Crippen LogP contribution in [0.4, 0.5) is 4.79 Å². The van der Waals surface area contributed by atoms with Gasteiger partial charge in [0.1, 0.15) is 18.0 Å². The summed E-state index contributed by atoms with van der Waals surface area (Å²) in [7, 11) is -3.84. The van der Waals surface area contributed by atoms with Crippen LogP contribution in [0, 0.1) is 0 Å². The number of hydrogen-bond acceptors (Lipinski definition) is 9. The number of carbonyl (C=O) groups excluding carboxylic acids is 2. The molecule has 0 aliphatic rings. The molecular weight excluding hydrogens is 644 g/mol. The lowest BCUT2D eigenvalue weighted by molar-refractivity contribution is -0.147. The van der Waals surface area contributed by atoms with Gasteiger partial charge in [-0.15, -0.1) is 0 Å². The van der Waals surface area contributed by atoms with Crippen LogP contribution in [-0.4, -0.2) is 60.8 Å². The third-order valence-electron chi connectivity index (χ3n) is 6.78. The van der Waals surface area contributed by atoms with Crippen molar-refractivity contribution in [2.75, 3.05) is 19.7 Å². The summed E-state index contributed by atoms with van der Waals surface area (Å²) < 4.78 is 42.7. The number of rotatable bonds is 13. The van der Waals surface area contributed by atoms with Gasteiger partial charge in [0, 0.05) is 17.8 Å². The predicted molar refractivity (Wildman–Crippen MR) is 176 cm³/mol. The highest BCUT2D eigenvalue weighted by Crippen LogP contribution is 2.25. The van der Waals surface area contributed by atoms with Crippen LogP contribution in [0.3, 0.4) is 0 Å². The molecule has 4 rings (SSSR count). The molecule has 1 amide bonds. The fourth-order valence-electron chi connectivity index (χ4n) is 4.38. The fraction of sp³-hybridized carbons (Fsp3) is 0.286. The van der Waals surface area contributed by atoms with Crippen molar-refractivity contribution in [2.24, 2.45) is 0 Å². The molecule has 0 bridgehead atoms. The number of nitrogens with zero attached hydrogens (tertiary/aromatic N) is 2. The zero-order chi connectivity index (χ0) is 34.0. The summed E-state index contributed by atoms with van der Waals surface area (Å²) in [4.78, 5) is 30.6. The second kappa shape index (κ2) is 15.9. The molecule has 1 N–H and O–H groups in total. The van der Waals surface area contributed by atoms with E-state index in [9.17, 15) is 23.1 Å². The van der Waals surface area contributed by atoms with Crippen LogP contribution in [0.15, 0.2) is 107 Å². The third kappa shape index (κ3) is 10.8. The lowest BCUT2D eigenvalue weighted by Crippen LogP contribution is -2.40. The first-order valence-corrected chi connectivity index (χ1v) is 16.7. The van der Waals surface area contributed by atoms with Crippen LogP contribution in [0.1, 0.15) is 43.7 Å². The van der Waals surface area contributed by atoms with E-state index in [-0.39, 0.29) is 36.1 Å². The van der Waals surface area contributed by atoms with Crippen molar-refractivity contribution in [3.05, 3.63) is 119 Å². The molecule has 1 atom stereocenters. The van der Waals surface area contributed by atoms with Gasteiger partial charge in [-0.25, -0.2) is 18.0 Å². The molecule has 10 nitrogen and oxygen atoms in total. The maximum absolute atomic E-state index is 13.3. The lowest BCUT2D eigenvalue weighted by atomic mass is 10.1. The first-order chi connectivity index (χ1) is 22.3. The lowest BCUT2D eigenvalue weighted by Gasteiger charge is -2.29. The normalized spacial score (nSPS) is 12.2. The molecule has 0 saturated carbocycles. The smallest absolute Gasteiger partial charge is 0.410 e. The zero-order valence-electron chi connectivity index (χ0n) is 26.3. The van der Waals surface area contributed by atoms with E-state index in [1.165, 1.54) is 41.3 Å². The van der Waals surface area contributed by atoms with Crippen molar-refractivity contribution in [3.63, 3.8) is 0 Å². The van der Waals surface area contributed by atoms with Crippen molar-refractivity contribution in [3.8, 4) is 5.75 Å². The van der Waals surface area contributed by atoms with Gasteiger partial charge in [0.25, 0.3) is 0 Å². The number of ether oxygens (including phenoxy) is 3. The Morgan fingerprint density at radius 3 is 2.23 bits per heavy atom. The van der Waals surface area contributed by atoms with Gasteiger partial charge in [0.2, 0.25) is 9.84 Å². The largest absolute Gasteiger partial charge is 0.482 e. The average molecular weight is 681 g/mol. The molecule has 4 aromatic rings. The average Bonchev–Trinajstić information content (AvgIpc) is 3.04. The van der Waals surface area contributed by atoms with Crippen LogP contribution >= 0.6 is 11.6 Å². The van der Waals surface area contributed by atoms with Gasteiger partial charge in [-0.05, 0) is 99.0 Å². The van der Waals surface area contributed by atoms with Crippen molar-refractivity contribution in [2.45, 2.75) is 55.3 Å². The van der Waals surface area contributed by atoms with Gasteiger partial charge in [0.05, 0.1) is 28.1 Å². The highest BCUT2D eigenvalue weighted by Gasteiger charge is 2.25. The van der Waals surface area contributed by atoms with Crippen LogP contribution in [0.25, 0.3) is 0 Å². The zero-order valence-corrected chi connectivity index (χ0v) is 27.9. The Morgan fingerprint density at radius 2 is 1.62 bits per heavy atom. The van der Waals surface area contributed by atoms with Crippen LogP contribution in [0.5, 0.6) is 5.75 Å². The molecule has 248 valence electrons. The van der Waals surface area contributed by atoms with Crippen molar-refractivity contribution in [1.82, 2.24) is 9.88 Å². The van der Waals surface area contributed by atoms with Crippen LogP contribution < -0.4 is 4.74 Å². The van der Waals surface area contributed by atoms with E-state index >= 15 is 0 Å². The fourth-order valence-corrected chi connectivity index (χ4v) is 5.84. The van der Waals surface area contributed by atoms with E-state index in [0.717, 1.165) is 5.56 Å². The van der Waals surface area contributed by atoms with Gasteiger partial charge in [-0.1, -0.05) is 41.9 Å². The molecule has 47 heavy (non-hydrogen) atoms. The third-order valence-corrected chi connectivity index (χ3v) is 8.80. The number of esters is 1. The molecule has 1 heterocycles. The summed E-state index contributed by atoms with van der Waals surface area (Å²) in [6, 6.07) is 24.2. The first kappa shape index (κ1) is 35.4. The molecule has 0 spiro atoms. The minimum atomic E-state index is -3.84. The minimum Gasteiger partial charge on any atom is -0.482 e. The maximum Gasteiger partial charge on any atom is 0.410 e. The van der Waals surface area contributed by atoms with Crippen molar-refractivity contribution < 1.29 is 37.3 Å². The number of aliphatic hydroxyl groups excluding tert-OH is 1. The Labute approximate surface area is 279 Å². The number of halogens is 1. The van der Waals surface area contributed by atoms with E-state index < -0.39 is 33.6 Å². The summed E-state index contributed by atoms with van der Waals surface area (Å²) in [6.07, 6.45) is 0.422. The second-order valence-electron chi connectivity index (χ2n) is 11.6. The Morgan fingerprint density at radius 1 is 0.936 bits per heavy atom. The number of benzene rings is 3. The topological polar surface area (TPSA) is 132 Å². The molecule has 0 unspecified atom stereocenters. The number of aliphatic hydroxyl groups is 1. The SMILES string of the molecule is CC(C)(C)OC(=O)N(CCc1ccc(S(=O)(=O)c2ccc(OCC(=O)OCc3ccccn3)cc2)cc1)C[C@H](O)c1cccc(Cl)c1. The van der Waals surface area contributed by atoms with Gasteiger partial charge in [-0.3, -0.25) is 4.98 Å². The number of pyridine rings is 1. The summed E-state index contributed by atoms with van der Waals surface area (Å²) in [5.74, 6) is -0.275. The second-order valence-corrected chi connectivity index (χ2v) is 14.0. The summed E-state index contributed by atoms with van der Waals surface area (Å²) >= 11 is 6.07. The van der Waals surface area contributed by atoms with Gasteiger partial charge in [-0.2, -0.15) is 0 Å². The van der Waals surface area contributed by atoms with Gasteiger partial charge >= 0.3 is 12.1 Å². The number of amides is 1. The quantitative estimate of drug-likeness (QED) is 0.164. The first-order valence-electron chi connectivity index (χ1n) is 14.8. The predicted octanol–water partition coefficient (Wildman–Crippen LogP) is 6.20. The molecule has 12 heteroatoms. The standard InChI is InChI=1S/C35H37ClN2O8S/c1-35(2,3)46-34(41)38(22-32(39)26-7-6-8-27(36)21-26)20-18-25-10-14-30(15-11-25)47(42,43)31-16-12-29(13-17-31)44-24-33(40)45-23-28-9-4-5-19-37-28/h4-17,19,21,32,39H,18,20,22-24H2,1-3H3/t32-/m0/s1. The summed E-state index contributed by atoms with van der Waals surface area (Å²) in [5.41, 5.74) is 1.23. The van der Waals surface area contributed by atoms with Crippen molar-refractivity contribution >= 4 is 33.5 Å². The molecule has 0 fully saturated rings. The molecule has 3 aromatic carbocycles. The number of hydrogen-bond donors (Lipinski definition) is 1. The number of aromatic nitrogens is 1. The molecule has 0 saturated heterocycles. The van der Waals surface area contributed by atoms with E-state index in [1.54, 1.807) is 81.6 Å². The molecule has 1 aromatic heterocycles. The van der Waals surface area contributed by atoms with Crippen molar-refractivity contribution in [1.29, 1.82) is 0 Å². The number of carbonyl (C=O) groups is 2. The highest BCUT2D eigenvalue weighted by atomic mass is 35.5. The molecule has 0 radical (unpaired) electrons.